The van der Waals surface area contributed by atoms with Gasteiger partial charge in [0.1, 0.15) is 60.5 Å². The number of para-hydroxylation sites is 1. The Morgan fingerprint density at radius 3 is 2.04 bits per heavy atom. The Balaban J connectivity index is 1.31. The number of phenols is 1. The maximum absolute atomic E-state index is 13.3. The van der Waals surface area contributed by atoms with Crippen molar-refractivity contribution in [1.29, 1.82) is 0 Å². The molecule has 15 atom stereocenters. The number of carboxylic acids is 1. The van der Waals surface area contributed by atoms with E-state index in [1.807, 2.05) is 0 Å². The summed E-state index contributed by atoms with van der Waals surface area (Å²) in [6.07, 6.45) is -17.4. The first-order valence-corrected chi connectivity index (χ1v) is 14.8. The van der Waals surface area contributed by atoms with Gasteiger partial charge in [-0.1, -0.05) is 13.0 Å². The van der Waals surface area contributed by atoms with Gasteiger partial charge in [-0.15, -0.1) is 0 Å². The third kappa shape index (κ3) is 6.63. The van der Waals surface area contributed by atoms with Crippen molar-refractivity contribution in [1.82, 2.24) is 0 Å². The van der Waals surface area contributed by atoms with Crippen molar-refractivity contribution in [2.75, 3.05) is 13.2 Å². The zero-order valence-electron chi connectivity index (χ0n) is 24.8. The van der Waals surface area contributed by atoms with Crippen molar-refractivity contribution in [3.05, 3.63) is 35.6 Å². The van der Waals surface area contributed by atoms with Crippen LogP contribution in [0.25, 0.3) is 0 Å². The summed E-state index contributed by atoms with van der Waals surface area (Å²) in [5.41, 5.74) is -0.527. The number of aromatic hydroxyl groups is 1. The van der Waals surface area contributed by atoms with Gasteiger partial charge in [-0.05, 0) is 18.6 Å². The highest BCUT2D eigenvalue weighted by Gasteiger charge is 2.55. The quantitative estimate of drug-likeness (QED) is 0.114. The summed E-state index contributed by atoms with van der Waals surface area (Å²) in [6, 6.07) is 3.75. The van der Waals surface area contributed by atoms with Gasteiger partial charge in [0.25, 0.3) is 0 Å². The first-order chi connectivity index (χ1) is 22.3. The first-order valence-electron chi connectivity index (χ1n) is 14.8. The van der Waals surface area contributed by atoms with Gasteiger partial charge in [0.2, 0.25) is 12.6 Å². The van der Waals surface area contributed by atoms with E-state index in [1.165, 1.54) is 18.2 Å². The molecule has 1 aromatic carbocycles. The number of aliphatic hydroxyl groups excluding tert-OH is 8. The van der Waals surface area contributed by atoms with E-state index in [0.717, 1.165) is 6.26 Å². The lowest BCUT2D eigenvalue weighted by atomic mass is 9.83. The van der Waals surface area contributed by atoms with E-state index in [-0.39, 0.29) is 23.3 Å². The van der Waals surface area contributed by atoms with E-state index < -0.39 is 122 Å². The summed E-state index contributed by atoms with van der Waals surface area (Å²) >= 11 is 0. The van der Waals surface area contributed by atoms with E-state index in [0.29, 0.717) is 0 Å². The second-order valence-electron chi connectivity index (χ2n) is 11.9. The second-order valence-corrected chi connectivity index (χ2v) is 11.9. The smallest absolute Gasteiger partial charge is 0.342 e. The number of hydrogen-bond acceptors (Lipinski definition) is 17. The molecular weight excluding hydrogens is 636 g/mol. The molecule has 1 aromatic rings. The van der Waals surface area contributed by atoms with Gasteiger partial charge in [0.15, 0.2) is 17.8 Å². The van der Waals surface area contributed by atoms with Crippen LogP contribution in [0.1, 0.15) is 23.7 Å². The lowest BCUT2D eigenvalue weighted by molar-refractivity contribution is -0.342. The topological polar surface area (TPSA) is 292 Å². The van der Waals surface area contributed by atoms with Crippen molar-refractivity contribution in [3.63, 3.8) is 0 Å². The van der Waals surface area contributed by atoms with E-state index in [9.17, 15) is 60.7 Å². The molecule has 3 heterocycles. The number of benzene rings is 1. The highest BCUT2D eigenvalue weighted by molar-refractivity contribution is 5.93. The predicted molar refractivity (Wildman–Crippen MR) is 148 cm³/mol. The molecule has 0 bridgehead atoms. The van der Waals surface area contributed by atoms with Gasteiger partial charge in [-0.25, -0.2) is 9.59 Å². The Morgan fingerprint density at radius 1 is 0.851 bits per heavy atom. The van der Waals surface area contributed by atoms with E-state index in [4.69, 9.17) is 28.4 Å². The Hall–Kier alpha value is -3.14. The minimum Gasteiger partial charge on any atom is -0.504 e. The summed E-state index contributed by atoms with van der Waals surface area (Å²) in [6.45, 7) is 0.212. The zero-order valence-corrected chi connectivity index (χ0v) is 24.8. The first kappa shape index (κ1) is 35.2. The van der Waals surface area contributed by atoms with Crippen LogP contribution in [0.5, 0.6) is 11.5 Å². The van der Waals surface area contributed by atoms with Crippen LogP contribution in [-0.4, -0.2) is 150 Å². The summed E-state index contributed by atoms with van der Waals surface area (Å²) < 4.78 is 33.2. The van der Waals surface area contributed by atoms with Gasteiger partial charge >= 0.3 is 11.9 Å². The number of carbonyl (C=O) groups is 2. The number of hydrogen-bond donors (Lipinski definition) is 10. The Bertz CT molecular complexity index is 1320. The largest absolute Gasteiger partial charge is 0.504 e. The molecule has 5 rings (SSSR count). The molecule has 1 aliphatic carbocycles. The maximum Gasteiger partial charge on any atom is 0.342 e. The van der Waals surface area contributed by atoms with Crippen LogP contribution in [0, 0.1) is 17.8 Å². The molecule has 0 amide bonds. The number of rotatable bonds is 9. The Morgan fingerprint density at radius 2 is 1.45 bits per heavy atom. The van der Waals surface area contributed by atoms with Crippen LogP contribution in [0.3, 0.4) is 0 Å². The minimum atomic E-state index is -1.79. The molecule has 4 aliphatic rings. The molecule has 18 heteroatoms. The molecule has 47 heavy (non-hydrogen) atoms. The summed E-state index contributed by atoms with van der Waals surface area (Å²) in [5, 5.41) is 101. The van der Waals surface area contributed by atoms with Crippen LogP contribution in [0.15, 0.2) is 30.0 Å². The minimum absolute atomic E-state index is 0.0184. The van der Waals surface area contributed by atoms with Crippen molar-refractivity contribution in [2.45, 2.75) is 87.2 Å². The SMILES string of the molecule is C[C@H]1C(OC(=O)c2cccc(O[C@@H]3O[C@H](CO)[C@@H](O)[C@H](O)[C@H]3O)c2O)C[C@@H]2C(C(=O)O)=CO[C@@H](O[C@@H]3O[C@H](CO)[C@@H](O)[C@H](O)[C@H]3O)[C@@H]21. The maximum atomic E-state index is 13.3. The lowest BCUT2D eigenvalue weighted by Gasteiger charge is -2.43. The number of esters is 1. The molecule has 10 N–H and O–H groups in total. The van der Waals surface area contributed by atoms with Crippen molar-refractivity contribution < 1.29 is 89.1 Å². The van der Waals surface area contributed by atoms with E-state index in [2.05, 4.69) is 0 Å². The van der Waals surface area contributed by atoms with Gasteiger partial charge in [0, 0.05) is 17.8 Å². The number of ether oxygens (including phenoxy) is 6. The summed E-state index contributed by atoms with van der Waals surface area (Å²) in [5.74, 6) is -5.68. The van der Waals surface area contributed by atoms with E-state index in [1.54, 1.807) is 6.92 Å². The molecule has 0 radical (unpaired) electrons. The summed E-state index contributed by atoms with van der Waals surface area (Å²) in [4.78, 5) is 25.4. The van der Waals surface area contributed by atoms with Crippen LogP contribution >= 0.6 is 0 Å². The van der Waals surface area contributed by atoms with Gasteiger partial charge in [0.05, 0.1) is 25.0 Å². The molecule has 0 spiro atoms. The third-order valence-corrected chi connectivity index (χ3v) is 9.12. The van der Waals surface area contributed by atoms with Gasteiger partial charge < -0.3 is 79.5 Å². The van der Waals surface area contributed by atoms with Crippen LogP contribution in [-0.2, 0) is 28.5 Å². The van der Waals surface area contributed by atoms with Crippen molar-refractivity contribution in [3.8, 4) is 11.5 Å². The number of fused-ring (bicyclic) bond motifs is 1. The number of phenolic OH excluding ortho intramolecular Hbond substituents is 1. The molecular formula is C29H38O18. The van der Waals surface area contributed by atoms with Gasteiger partial charge in [-0.2, -0.15) is 0 Å². The number of aliphatic carboxylic acids is 1. The van der Waals surface area contributed by atoms with Crippen LogP contribution in [0.2, 0.25) is 0 Å². The molecule has 262 valence electrons. The molecule has 18 nitrogen and oxygen atoms in total. The van der Waals surface area contributed by atoms with Crippen molar-refractivity contribution in [2.24, 2.45) is 17.8 Å². The average Bonchev–Trinajstić information content (AvgIpc) is 3.37. The number of carbonyl (C=O) groups excluding carboxylic acids is 1. The number of carboxylic acid groups (broad SMARTS) is 1. The molecule has 3 aliphatic heterocycles. The fourth-order valence-electron chi connectivity index (χ4n) is 6.40. The second kappa shape index (κ2) is 14.1. The van der Waals surface area contributed by atoms with Gasteiger partial charge in [-0.3, -0.25) is 0 Å². The van der Waals surface area contributed by atoms with Crippen LogP contribution < -0.4 is 4.74 Å². The standard InChI is InChI=1S/C29H38O18/c1-9-14(43-26(41)10-3-2-4-13(18(10)32)44-28-23(37)21(35)19(33)15(6-30)45-28)5-11-12(25(39)40)8-42-27(17(9)11)47-29-24(38)22(36)20(34)16(7-31)46-29/h2-4,8-9,11,14-17,19-24,27-38H,5-7H2,1H3,(H,39,40)/t9-,11+,14?,15+,16+,17+,19+,20+,21-,22-,23+,24+,27-,28+,29-/m0/s1. The Kier molecular flexibility index (Phi) is 10.6. The zero-order chi connectivity index (χ0) is 34.3. The van der Waals surface area contributed by atoms with Crippen molar-refractivity contribution >= 4 is 11.9 Å². The molecule has 0 aromatic heterocycles. The molecule has 1 saturated carbocycles. The highest BCUT2D eigenvalue weighted by atomic mass is 16.8. The fourth-order valence-corrected chi connectivity index (χ4v) is 6.40. The Labute approximate surface area is 266 Å². The third-order valence-electron chi connectivity index (χ3n) is 9.12. The fraction of sp³-hybridized carbons (Fsp3) is 0.655. The normalized spacial score (nSPS) is 41.7. The molecule has 1 unspecified atom stereocenters. The average molecular weight is 675 g/mol. The molecule has 3 fully saturated rings. The lowest BCUT2D eigenvalue weighted by Crippen LogP contribution is -2.60. The van der Waals surface area contributed by atoms with Crippen LogP contribution in [0.4, 0.5) is 0 Å². The summed E-state index contributed by atoms with van der Waals surface area (Å²) in [7, 11) is 0. The monoisotopic (exact) mass is 674 g/mol. The predicted octanol–water partition coefficient (Wildman–Crippen LogP) is -3.49. The highest BCUT2D eigenvalue weighted by Crippen LogP contribution is 2.49. The van der Waals surface area contributed by atoms with E-state index >= 15 is 0 Å². The number of aliphatic hydroxyl groups is 8. The molecule has 2 saturated heterocycles.